The first kappa shape index (κ1) is 17.7. The Morgan fingerprint density at radius 1 is 1.29 bits per heavy atom. The fourth-order valence-electron chi connectivity index (χ4n) is 3.41. The maximum Gasteiger partial charge on any atom is 0.170 e. The van der Waals surface area contributed by atoms with Gasteiger partial charge in [0.05, 0.1) is 17.8 Å². The second-order valence-corrected chi connectivity index (χ2v) is 7.74. The number of aromatic amines is 1. The molecule has 0 unspecified atom stereocenters. The molecule has 2 aromatic rings. The largest absolute Gasteiger partial charge is 0.362 e. The van der Waals surface area contributed by atoms with Gasteiger partial charge in [-0.25, -0.2) is 0 Å². The lowest BCUT2D eigenvalue weighted by Gasteiger charge is -2.28. The quantitative estimate of drug-likeness (QED) is 0.519. The highest BCUT2D eigenvalue weighted by molar-refractivity contribution is 14.1. The molecule has 1 aliphatic rings. The smallest absolute Gasteiger partial charge is 0.170 e. The van der Waals surface area contributed by atoms with E-state index >= 15 is 0 Å². The van der Waals surface area contributed by atoms with Crippen LogP contribution in [0.1, 0.15) is 54.5 Å². The maximum atomic E-state index is 5.68. The highest BCUT2D eigenvalue weighted by Crippen LogP contribution is 2.42. The Morgan fingerprint density at radius 2 is 2.08 bits per heavy atom. The normalized spacial score (nSPS) is 20.5. The molecule has 0 amide bonds. The second-order valence-electron chi connectivity index (χ2n) is 6.28. The van der Waals surface area contributed by atoms with Crippen molar-refractivity contribution in [3.63, 3.8) is 0 Å². The fraction of sp³-hybridized carbons (Fsp3) is 0.444. The summed E-state index contributed by atoms with van der Waals surface area (Å²) in [6, 6.07) is 6.33. The van der Waals surface area contributed by atoms with E-state index in [0.717, 1.165) is 30.2 Å². The van der Waals surface area contributed by atoms with Crippen LogP contribution < -0.4 is 5.32 Å². The molecule has 1 saturated heterocycles. The van der Waals surface area contributed by atoms with E-state index < -0.39 is 0 Å². The Balaban J connectivity index is 2.07. The summed E-state index contributed by atoms with van der Waals surface area (Å²) in [5.74, 6) is 0. The summed E-state index contributed by atoms with van der Waals surface area (Å²) >= 11 is 8.13. The van der Waals surface area contributed by atoms with Crippen molar-refractivity contribution in [2.24, 2.45) is 0 Å². The van der Waals surface area contributed by atoms with Crippen molar-refractivity contribution >= 4 is 39.9 Å². The molecule has 24 heavy (non-hydrogen) atoms. The highest BCUT2D eigenvalue weighted by atomic mass is 127. The molecule has 1 aliphatic heterocycles. The van der Waals surface area contributed by atoms with Crippen molar-refractivity contribution in [1.82, 2.24) is 20.2 Å². The van der Waals surface area contributed by atoms with E-state index in [4.69, 9.17) is 12.2 Å². The number of pyridine rings is 1. The molecule has 2 aromatic heterocycles. The van der Waals surface area contributed by atoms with E-state index in [1.54, 1.807) is 0 Å². The number of nitrogens with zero attached hydrogens (tertiary/aromatic N) is 2. The topological polar surface area (TPSA) is 44.0 Å². The Hall–Kier alpha value is -1.15. The van der Waals surface area contributed by atoms with Gasteiger partial charge in [-0.05, 0) is 67.2 Å². The molecular formula is C18H23IN4S. The van der Waals surface area contributed by atoms with E-state index in [9.17, 15) is 0 Å². The number of hydrogen-bond acceptors (Lipinski definition) is 2. The fourth-order valence-corrected chi connectivity index (χ4v) is 4.60. The maximum absolute atomic E-state index is 5.68. The number of thiocarbonyl (C=S) groups is 1. The van der Waals surface area contributed by atoms with Crippen LogP contribution in [0.15, 0.2) is 24.4 Å². The van der Waals surface area contributed by atoms with Crippen molar-refractivity contribution in [2.45, 2.75) is 45.7 Å². The van der Waals surface area contributed by atoms with Crippen LogP contribution in [0.2, 0.25) is 0 Å². The van der Waals surface area contributed by atoms with Crippen LogP contribution in [0.3, 0.4) is 0 Å². The summed E-state index contributed by atoms with van der Waals surface area (Å²) < 4.78 is 1.30. The number of halogens is 1. The molecule has 0 aromatic carbocycles. The molecule has 0 aliphatic carbocycles. The van der Waals surface area contributed by atoms with Gasteiger partial charge >= 0.3 is 0 Å². The summed E-state index contributed by atoms with van der Waals surface area (Å²) in [5.41, 5.74) is 4.82. The van der Waals surface area contributed by atoms with Crippen LogP contribution in [-0.4, -0.2) is 26.5 Å². The molecule has 0 saturated carbocycles. The summed E-state index contributed by atoms with van der Waals surface area (Å²) in [7, 11) is 0. The molecule has 6 heteroatoms. The standard InChI is InChI=1S/C18H23IN4S/c1-4-5-10-23-17(14-11(2)21-12(3)15(14)19)16(22-18(23)24)13-8-6-7-9-20-13/h6-9,16-17,21H,4-5,10H2,1-3H3,(H,22,24)/t16-,17-/m0/s1. The Labute approximate surface area is 162 Å². The average Bonchev–Trinajstić information content (AvgIpc) is 3.02. The molecule has 3 rings (SSSR count). The highest BCUT2D eigenvalue weighted by Gasteiger charge is 2.41. The minimum Gasteiger partial charge on any atom is -0.362 e. The van der Waals surface area contributed by atoms with Crippen molar-refractivity contribution in [3.8, 4) is 0 Å². The molecule has 0 radical (unpaired) electrons. The third-order valence-electron chi connectivity index (χ3n) is 4.59. The van der Waals surface area contributed by atoms with E-state index in [0.29, 0.717) is 0 Å². The second kappa shape index (κ2) is 7.39. The minimum absolute atomic E-state index is 0.0815. The average molecular weight is 454 g/mol. The lowest BCUT2D eigenvalue weighted by atomic mass is 9.96. The van der Waals surface area contributed by atoms with Crippen LogP contribution in [0.25, 0.3) is 0 Å². The Kier molecular flexibility index (Phi) is 5.44. The van der Waals surface area contributed by atoms with Crippen LogP contribution >= 0.6 is 34.8 Å². The van der Waals surface area contributed by atoms with Crippen molar-refractivity contribution in [2.75, 3.05) is 6.54 Å². The van der Waals surface area contributed by atoms with Crippen LogP contribution in [0.4, 0.5) is 0 Å². The van der Waals surface area contributed by atoms with Gasteiger partial charge in [0, 0.05) is 33.3 Å². The van der Waals surface area contributed by atoms with Gasteiger partial charge in [0.1, 0.15) is 0 Å². The lowest BCUT2D eigenvalue weighted by Crippen LogP contribution is -2.31. The van der Waals surface area contributed by atoms with Gasteiger partial charge in [-0.1, -0.05) is 19.4 Å². The number of H-pyrrole nitrogens is 1. The van der Waals surface area contributed by atoms with Crippen molar-refractivity contribution in [3.05, 3.63) is 50.6 Å². The van der Waals surface area contributed by atoms with Gasteiger partial charge in [0.25, 0.3) is 0 Å². The van der Waals surface area contributed by atoms with Gasteiger partial charge in [0.15, 0.2) is 5.11 Å². The summed E-state index contributed by atoms with van der Waals surface area (Å²) in [6.45, 7) is 7.47. The predicted octanol–water partition coefficient (Wildman–Crippen LogP) is 4.40. The number of hydrogen-bond donors (Lipinski definition) is 2. The minimum atomic E-state index is 0.0815. The number of unbranched alkanes of at least 4 members (excludes halogenated alkanes) is 1. The molecular weight excluding hydrogens is 431 g/mol. The molecule has 2 N–H and O–H groups in total. The molecule has 2 atom stereocenters. The van der Waals surface area contributed by atoms with Crippen LogP contribution in [0, 0.1) is 17.4 Å². The predicted molar refractivity (Wildman–Crippen MR) is 110 cm³/mol. The van der Waals surface area contributed by atoms with Gasteiger partial charge in [0.2, 0.25) is 0 Å². The number of nitrogens with one attached hydrogen (secondary N) is 2. The Bertz CT molecular complexity index is 728. The zero-order chi connectivity index (χ0) is 17.3. The SMILES string of the molecule is CCCCN1C(=S)N[C@@H](c2ccccn2)[C@@H]1c1c(C)[nH]c(C)c1I. The van der Waals surface area contributed by atoms with Crippen molar-refractivity contribution in [1.29, 1.82) is 0 Å². The van der Waals surface area contributed by atoms with Gasteiger partial charge in [-0.3, -0.25) is 4.98 Å². The van der Waals surface area contributed by atoms with Gasteiger partial charge in [-0.2, -0.15) is 0 Å². The van der Waals surface area contributed by atoms with E-state index in [1.165, 1.54) is 20.5 Å². The number of aryl methyl sites for hydroxylation is 2. The lowest BCUT2D eigenvalue weighted by molar-refractivity contribution is 0.311. The zero-order valence-corrected chi connectivity index (χ0v) is 17.2. The first-order valence-electron chi connectivity index (χ1n) is 8.37. The number of aromatic nitrogens is 2. The zero-order valence-electron chi connectivity index (χ0n) is 14.3. The summed E-state index contributed by atoms with van der Waals surface area (Å²) in [4.78, 5) is 10.4. The van der Waals surface area contributed by atoms with Crippen LogP contribution in [-0.2, 0) is 0 Å². The third kappa shape index (κ3) is 3.18. The van der Waals surface area contributed by atoms with Gasteiger partial charge in [-0.15, -0.1) is 0 Å². The summed E-state index contributed by atoms with van der Waals surface area (Å²) in [6.07, 6.45) is 4.14. The molecule has 3 heterocycles. The molecule has 4 nitrogen and oxygen atoms in total. The molecule has 1 fully saturated rings. The van der Waals surface area contributed by atoms with Crippen molar-refractivity contribution < 1.29 is 0 Å². The van der Waals surface area contributed by atoms with E-state index in [2.05, 4.69) is 69.6 Å². The number of rotatable bonds is 5. The summed E-state index contributed by atoms with van der Waals surface area (Å²) in [5, 5.41) is 4.35. The molecule has 0 bridgehead atoms. The monoisotopic (exact) mass is 454 g/mol. The van der Waals surface area contributed by atoms with E-state index in [1.807, 2.05) is 18.3 Å². The van der Waals surface area contributed by atoms with Crippen LogP contribution in [0.5, 0.6) is 0 Å². The molecule has 0 spiro atoms. The first-order valence-corrected chi connectivity index (χ1v) is 9.86. The van der Waals surface area contributed by atoms with Gasteiger partial charge < -0.3 is 15.2 Å². The van der Waals surface area contributed by atoms with E-state index in [-0.39, 0.29) is 12.1 Å². The Morgan fingerprint density at radius 3 is 2.67 bits per heavy atom. The first-order chi connectivity index (χ1) is 11.5. The third-order valence-corrected chi connectivity index (χ3v) is 6.33. The molecule has 128 valence electrons.